The zero-order chi connectivity index (χ0) is 20.7. The highest BCUT2D eigenvalue weighted by atomic mass is 16.6. The molecule has 1 aliphatic rings. The van der Waals surface area contributed by atoms with Crippen LogP contribution < -0.4 is 16.4 Å². The number of amides is 3. The number of rotatable bonds is 5. The van der Waals surface area contributed by atoms with Crippen molar-refractivity contribution >= 4 is 23.6 Å². The monoisotopic (exact) mass is 390 g/mol. The Bertz CT molecular complexity index is 714. The quantitative estimate of drug-likeness (QED) is 0.711. The molecule has 4 N–H and O–H groups in total. The Kier molecular flexibility index (Phi) is 7.39. The summed E-state index contributed by atoms with van der Waals surface area (Å²) >= 11 is 0. The van der Waals surface area contributed by atoms with E-state index in [0.717, 1.165) is 18.4 Å². The predicted octanol–water partition coefficient (Wildman–Crippen LogP) is 1.99. The second-order valence-corrected chi connectivity index (χ2v) is 7.97. The maximum atomic E-state index is 12.3. The second kappa shape index (κ2) is 9.54. The van der Waals surface area contributed by atoms with E-state index in [-0.39, 0.29) is 24.9 Å². The molecule has 1 saturated heterocycles. The van der Waals surface area contributed by atoms with E-state index in [2.05, 4.69) is 10.6 Å². The Labute approximate surface area is 165 Å². The number of hydrogen-bond donors (Lipinski definition) is 3. The lowest BCUT2D eigenvalue weighted by Gasteiger charge is -2.22. The van der Waals surface area contributed by atoms with Gasteiger partial charge < -0.3 is 26.0 Å². The van der Waals surface area contributed by atoms with Gasteiger partial charge in [0.1, 0.15) is 5.60 Å². The van der Waals surface area contributed by atoms with E-state index in [1.807, 2.05) is 6.07 Å². The fraction of sp³-hybridized carbons (Fsp3) is 0.550. The van der Waals surface area contributed by atoms with Crippen molar-refractivity contribution < 1.29 is 19.1 Å². The number of benzene rings is 1. The molecule has 28 heavy (non-hydrogen) atoms. The van der Waals surface area contributed by atoms with Crippen molar-refractivity contribution in [2.24, 2.45) is 5.73 Å². The fourth-order valence-corrected chi connectivity index (χ4v) is 2.91. The summed E-state index contributed by atoms with van der Waals surface area (Å²) in [6.45, 7) is 6.19. The van der Waals surface area contributed by atoms with Crippen LogP contribution in [-0.4, -0.2) is 47.5 Å². The zero-order valence-electron chi connectivity index (χ0n) is 16.8. The molecule has 0 saturated carbocycles. The molecule has 0 spiro atoms. The van der Waals surface area contributed by atoms with Crippen LogP contribution in [0.15, 0.2) is 24.3 Å². The van der Waals surface area contributed by atoms with Crippen LogP contribution in [0.3, 0.4) is 0 Å². The third-order valence-corrected chi connectivity index (χ3v) is 4.20. The first-order valence-corrected chi connectivity index (χ1v) is 9.54. The highest BCUT2D eigenvalue weighted by Gasteiger charge is 2.25. The standard InChI is InChI=1S/C20H30N4O4/c1-20(2,3)28-19(27)22-12-14-7-6-8-15(11-14)23-17(25)13-24-10-5-4-9-16(21)18(24)26/h6-8,11,16H,4-5,9-10,12-13,21H2,1-3H3,(H,22,27)(H,23,25). The predicted molar refractivity (Wildman–Crippen MR) is 107 cm³/mol. The Morgan fingerprint density at radius 2 is 2.04 bits per heavy atom. The minimum atomic E-state index is -0.562. The van der Waals surface area contributed by atoms with Gasteiger partial charge in [-0.05, 0) is 57.7 Å². The lowest BCUT2D eigenvalue weighted by atomic mass is 10.1. The molecule has 8 heteroatoms. The molecule has 8 nitrogen and oxygen atoms in total. The van der Waals surface area contributed by atoms with Crippen LogP contribution >= 0.6 is 0 Å². The Morgan fingerprint density at radius 3 is 2.75 bits per heavy atom. The van der Waals surface area contributed by atoms with Crippen LogP contribution in [0.25, 0.3) is 0 Å². The lowest BCUT2D eigenvalue weighted by molar-refractivity contribution is -0.135. The number of anilines is 1. The first kappa shape index (κ1) is 21.7. The SMILES string of the molecule is CC(C)(C)OC(=O)NCc1cccc(NC(=O)CN2CCCCC(N)C2=O)c1. The van der Waals surface area contributed by atoms with Crippen molar-refractivity contribution in [2.45, 2.75) is 58.2 Å². The number of nitrogens with zero attached hydrogens (tertiary/aromatic N) is 1. The maximum absolute atomic E-state index is 12.3. The van der Waals surface area contributed by atoms with Gasteiger partial charge in [-0.25, -0.2) is 4.79 Å². The molecule has 1 fully saturated rings. The second-order valence-electron chi connectivity index (χ2n) is 7.97. The summed E-state index contributed by atoms with van der Waals surface area (Å²) in [6.07, 6.45) is 1.89. The van der Waals surface area contributed by atoms with E-state index >= 15 is 0 Å². The molecule has 154 valence electrons. The summed E-state index contributed by atoms with van der Waals surface area (Å²) in [6, 6.07) is 6.62. The van der Waals surface area contributed by atoms with E-state index in [1.165, 1.54) is 4.90 Å². The summed E-state index contributed by atoms with van der Waals surface area (Å²) in [5.41, 5.74) is 6.70. The van der Waals surface area contributed by atoms with Crippen molar-refractivity contribution in [1.29, 1.82) is 0 Å². The van der Waals surface area contributed by atoms with Gasteiger partial charge in [-0.15, -0.1) is 0 Å². The molecule has 2 rings (SSSR count). The molecule has 1 unspecified atom stereocenters. The van der Waals surface area contributed by atoms with Gasteiger partial charge in [0.05, 0.1) is 12.6 Å². The number of hydrogen-bond acceptors (Lipinski definition) is 5. The minimum Gasteiger partial charge on any atom is -0.444 e. The van der Waals surface area contributed by atoms with Gasteiger partial charge in [0.2, 0.25) is 11.8 Å². The fourth-order valence-electron chi connectivity index (χ4n) is 2.91. The number of nitrogens with two attached hydrogens (primary N) is 1. The van der Waals surface area contributed by atoms with Gasteiger partial charge in [-0.1, -0.05) is 12.1 Å². The molecule has 0 radical (unpaired) electrons. The maximum Gasteiger partial charge on any atom is 0.407 e. The van der Waals surface area contributed by atoms with Crippen LogP contribution in [-0.2, 0) is 20.9 Å². The molecular formula is C20H30N4O4. The number of likely N-dealkylation sites (tertiary alicyclic amines) is 1. The van der Waals surface area contributed by atoms with Crippen LogP contribution in [0.5, 0.6) is 0 Å². The lowest BCUT2D eigenvalue weighted by Crippen LogP contribution is -2.45. The number of alkyl carbamates (subject to hydrolysis) is 1. The molecule has 0 aliphatic carbocycles. The van der Waals surface area contributed by atoms with Gasteiger partial charge in [0.25, 0.3) is 0 Å². The molecule has 1 heterocycles. The minimum absolute atomic E-state index is 0.0209. The molecule has 0 bridgehead atoms. The highest BCUT2D eigenvalue weighted by molar-refractivity contribution is 5.95. The van der Waals surface area contributed by atoms with E-state index in [9.17, 15) is 14.4 Å². The Hall–Kier alpha value is -2.61. The van der Waals surface area contributed by atoms with Gasteiger partial charge in [-0.3, -0.25) is 9.59 Å². The van der Waals surface area contributed by atoms with E-state index in [0.29, 0.717) is 18.7 Å². The van der Waals surface area contributed by atoms with E-state index in [4.69, 9.17) is 10.5 Å². The normalized spacial score (nSPS) is 17.6. The number of ether oxygens (including phenoxy) is 1. The van der Waals surface area contributed by atoms with Crippen molar-refractivity contribution in [1.82, 2.24) is 10.2 Å². The van der Waals surface area contributed by atoms with Crippen LogP contribution in [0.1, 0.15) is 45.6 Å². The molecule has 1 atom stereocenters. The molecule has 1 aliphatic heterocycles. The van der Waals surface area contributed by atoms with E-state index < -0.39 is 17.7 Å². The van der Waals surface area contributed by atoms with Gasteiger partial charge >= 0.3 is 6.09 Å². The van der Waals surface area contributed by atoms with Crippen LogP contribution in [0.2, 0.25) is 0 Å². The van der Waals surface area contributed by atoms with Crippen molar-refractivity contribution in [3.05, 3.63) is 29.8 Å². The first-order valence-electron chi connectivity index (χ1n) is 9.54. The third kappa shape index (κ3) is 7.19. The van der Waals surface area contributed by atoms with Crippen molar-refractivity contribution in [3.63, 3.8) is 0 Å². The number of carbonyl (C=O) groups is 3. The zero-order valence-corrected chi connectivity index (χ0v) is 16.8. The molecule has 0 aromatic heterocycles. The Balaban J connectivity index is 1.88. The Morgan fingerprint density at radius 1 is 1.29 bits per heavy atom. The van der Waals surface area contributed by atoms with Gasteiger partial charge in [0, 0.05) is 18.8 Å². The summed E-state index contributed by atoms with van der Waals surface area (Å²) in [4.78, 5) is 37.8. The van der Waals surface area contributed by atoms with Gasteiger partial charge in [-0.2, -0.15) is 0 Å². The smallest absolute Gasteiger partial charge is 0.407 e. The highest BCUT2D eigenvalue weighted by Crippen LogP contribution is 2.13. The summed E-state index contributed by atoms with van der Waals surface area (Å²) in [7, 11) is 0. The van der Waals surface area contributed by atoms with E-state index in [1.54, 1.807) is 39.0 Å². The largest absolute Gasteiger partial charge is 0.444 e. The third-order valence-electron chi connectivity index (χ3n) is 4.20. The summed E-state index contributed by atoms with van der Waals surface area (Å²) in [5.74, 6) is -0.456. The first-order chi connectivity index (χ1) is 13.1. The van der Waals surface area contributed by atoms with Crippen molar-refractivity contribution in [2.75, 3.05) is 18.4 Å². The molecule has 3 amide bonds. The average molecular weight is 390 g/mol. The van der Waals surface area contributed by atoms with Crippen LogP contribution in [0.4, 0.5) is 10.5 Å². The molecule has 1 aromatic carbocycles. The van der Waals surface area contributed by atoms with Crippen LogP contribution in [0, 0.1) is 0 Å². The molecule has 1 aromatic rings. The topological polar surface area (TPSA) is 114 Å². The van der Waals surface area contributed by atoms with Gasteiger partial charge in [0.15, 0.2) is 0 Å². The average Bonchev–Trinajstić information content (AvgIpc) is 2.74. The summed E-state index contributed by atoms with van der Waals surface area (Å²) < 4.78 is 5.20. The molecular weight excluding hydrogens is 360 g/mol. The number of carbonyl (C=O) groups excluding carboxylic acids is 3. The summed E-state index contributed by atoms with van der Waals surface area (Å²) in [5, 5.41) is 5.47. The number of nitrogens with one attached hydrogen (secondary N) is 2. The van der Waals surface area contributed by atoms with Crippen molar-refractivity contribution in [3.8, 4) is 0 Å².